The van der Waals surface area contributed by atoms with Crippen LogP contribution < -0.4 is 22.5 Å². The molecular formula is C16H24N6O3S2. The van der Waals surface area contributed by atoms with Crippen LogP contribution >= 0.6 is 22.7 Å². The van der Waals surface area contributed by atoms with E-state index < -0.39 is 5.97 Å². The third-order valence-electron chi connectivity index (χ3n) is 3.30. The van der Waals surface area contributed by atoms with Gasteiger partial charge in [-0.1, -0.05) is 0 Å². The second-order valence-corrected chi connectivity index (χ2v) is 7.73. The number of nitrogen functional groups attached to an aromatic ring is 2. The van der Waals surface area contributed by atoms with Crippen molar-refractivity contribution in [2.24, 2.45) is 5.73 Å². The summed E-state index contributed by atoms with van der Waals surface area (Å²) in [7, 11) is 0. The molecule has 0 spiro atoms. The van der Waals surface area contributed by atoms with Crippen LogP contribution in [0, 0.1) is 0 Å². The van der Waals surface area contributed by atoms with Gasteiger partial charge in [0.25, 0.3) is 5.91 Å². The zero-order valence-electron chi connectivity index (χ0n) is 15.0. The standard InChI is InChI=1S/C7H9N3OS.C6H8N2O2S.C3H7N/c8-7-10-5(3-12-7)6(11)9-4-1-2-4;1-2-10-5(9)4-3-11-6(7)8-4;4-3-1-2-3/h3-4H,1-2H2,(H2,8,10)(H,9,11);3H,2H2,1H3,(H2,7,8);3H,1-2,4H2. The first kappa shape index (κ1) is 21.1. The maximum Gasteiger partial charge on any atom is 0.357 e. The first-order chi connectivity index (χ1) is 12.9. The predicted octanol–water partition coefficient (Wildman–Crippen LogP) is 1.63. The lowest BCUT2D eigenvalue weighted by molar-refractivity contribution is 0.0520. The number of rotatable bonds is 4. The Morgan fingerprint density at radius 1 is 1.11 bits per heavy atom. The van der Waals surface area contributed by atoms with Crippen LogP contribution in [-0.2, 0) is 4.74 Å². The molecule has 27 heavy (non-hydrogen) atoms. The van der Waals surface area contributed by atoms with E-state index in [1.807, 2.05) is 0 Å². The van der Waals surface area contributed by atoms with Gasteiger partial charge in [-0.2, -0.15) is 0 Å². The zero-order valence-corrected chi connectivity index (χ0v) is 16.6. The Hall–Kier alpha value is -2.24. The quantitative estimate of drug-likeness (QED) is 0.551. The molecule has 2 aliphatic carbocycles. The van der Waals surface area contributed by atoms with E-state index in [9.17, 15) is 9.59 Å². The largest absolute Gasteiger partial charge is 0.461 e. The molecule has 0 aliphatic heterocycles. The van der Waals surface area contributed by atoms with E-state index in [1.165, 1.54) is 35.5 Å². The van der Waals surface area contributed by atoms with Crippen molar-refractivity contribution in [3.63, 3.8) is 0 Å². The number of esters is 1. The van der Waals surface area contributed by atoms with Gasteiger partial charge in [0.1, 0.15) is 5.69 Å². The maximum atomic E-state index is 11.3. The number of hydrogen-bond acceptors (Lipinski definition) is 10. The number of nitrogens with one attached hydrogen (secondary N) is 1. The molecule has 11 heteroatoms. The van der Waals surface area contributed by atoms with Crippen molar-refractivity contribution in [1.82, 2.24) is 15.3 Å². The Kier molecular flexibility index (Phi) is 7.95. The van der Waals surface area contributed by atoms with Gasteiger partial charge >= 0.3 is 5.97 Å². The number of anilines is 2. The third-order valence-corrected chi connectivity index (χ3v) is 4.64. The molecule has 4 rings (SSSR count). The summed E-state index contributed by atoms with van der Waals surface area (Å²) < 4.78 is 4.69. The minimum absolute atomic E-state index is 0.106. The normalized spacial score (nSPS) is 14.9. The molecule has 0 saturated heterocycles. The Morgan fingerprint density at radius 3 is 2.00 bits per heavy atom. The minimum Gasteiger partial charge on any atom is -0.461 e. The lowest BCUT2D eigenvalue weighted by Crippen LogP contribution is -2.25. The highest BCUT2D eigenvalue weighted by atomic mass is 32.1. The Bertz CT molecular complexity index is 755. The molecule has 148 valence electrons. The predicted molar refractivity (Wildman–Crippen MR) is 107 cm³/mol. The number of hydrogen-bond donors (Lipinski definition) is 4. The fourth-order valence-electron chi connectivity index (χ4n) is 1.56. The van der Waals surface area contributed by atoms with Gasteiger partial charge in [-0.25, -0.2) is 14.8 Å². The van der Waals surface area contributed by atoms with Crippen LogP contribution in [0.15, 0.2) is 10.8 Å². The van der Waals surface area contributed by atoms with E-state index in [1.54, 1.807) is 17.7 Å². The number of aromatic nitrogens is 2. The number of nitrogens with zero attached hydrogens (tertiary/aromatic N) is 2. The van der Waals surface area contributed by atoms with Gasteiger partial charge in [0.05, 0.1) is 6.61 Å². The molecule has 2 aromatic rings. The average Bonchev–Trinajstić information content (AvgIpc) is 3.52. The van der Waals surface area contributed by atoms with Crippen molar-refractivity contribution < 1.29 is 14.3 Å². The summed E-state index contributed by atoms with van der Waals surface area (Å²) >= 11 is 2.51. The van der Waals surface area contributed by atoms with Gasteiger partial charge in [-0.15, -0.1) is 22.7 Å². The fraction of sp³-hybridized carbons (Fsp3) is 0.500. The Balaban J connectivity index is 0.000000161. The van der Waals surface area contributed by atoms with Crippen LogP contribution in [0.3, 0.4) is 0 Å². The van der Waals surface area contributed by atoms with Crippen LogP contribution in [-0.4, -0.2) is 40.5 Å². The minimum atomic E-state index is -0.416. The highest BCUT2D eigenvalue weighted by Gasteiger charge is 2.24. The molecule has 2 heterocycles. The SMILES string of the molecule is CCOC(=O)c1csc(N)n1.NC1CC1.Nc1nc(C(=O)NC2CC2)cs1. The lowest BCUT2D eigenvalue weighted by atomic mass is 10.4. The summed E-state index contributed by atoms with van der Waals surface area (Å²) in [5.74, 6) is -0.522. The molecule has 0 radical (unpaired) electrons. The van der Waals surface area contributed by atoms with Crippen LogP contribution in [0.2, 0.25) is 0 Å². The molecule has 0 aromatic carbocycles. The van der Waals surface area contributed by atoms with Gasteiger partial charge in [-0.3, -0.25) is 4.79 Å². The molecule has 2 fully saturated rings. The van der Waals surface area contributed by atoms with E-state index in [-0.39, 0.29) is 11.6 Å². The molecule has 0 atom stereocenters. The molecule has 2 aliphatic rings. The number of nitrogens with two attached hydrogens (primary N) is 3. The maximum absolute atomic E-state index is 11.3. The molecule has 2 saturated carbocycles. The van der Waals surface area contributed by atoms with E-state index >= 15 is 0 Å². The van der Waals surface area contributed by atoms with Crippen LogP contribution in [0.5, 0.6) is 0 Å². The van der Waals surface area contributed by atoms with E-state index in [4.69, 9.17) is 21.9 Å². The molecule has 0 bridgehead atoms. The highest BCUT2D eigenvalue weighted by molar-refractivity contribution is 7.14. The van der Waals surface area contributed by atoms with E-state index in [0.717, 1.165) is 12.8 Å². The molecular weight excluding hydrogens is 388 g/mol. The van der Waals surface area contributed by atoms with Crippen LogP contribution in [0.4, 0.5) is 10.3 Å². The number of thiazole rings is 2. The van der Waals surface area contributed by atoms with Crippen LogP contribution in [0.25, 0.3) is 0 Å². The molecule has 9 nitrogen and oxygen atoms in total. The fourth-order valence-corrected chi connectivity index (χ4v) is 2.64. The van der Waals surface area contributed by atoms with Crippen LogP contribution in [0.1, 0.15) is 53.6 Å². The number of amides is 1. The Morgan fingerprint density at radius 2 is 1.63 bits per heavy atom. The van der Waals surface area contributed by atoms with Gasteiger partial charge in [-0.05, 0) is 32.6 Å². The summed E-state index contributed by atoms with van der Waals surface area (Å²) in [6.07, 6.45) is 4.71. The smallest absolute Gasteiger partial charge is 0.357 e. The molecule has 2 aromatic heterocycles. The monoisotopic (exact) mass is 412 g/mol. The first-order valence-electron chi connectivity index (χ1n) is 8.54. The molecule has 0 unspecified atom stereocenters. The summed E-state index contributed by atoms with van der Waals surface area (Å²) in [6.45, 7) is 2.10. The second-order valence-electron chi connectivity index (χ2n) is 5.95. The summed E-state index contributed by atoms with van der Waals surface area (Å²) in [5.41, 5.74) is 16.6. The summed E-state index contributed by atoms with van der Waals surface area (Å²) in [5, 5.41) is 6.91. The van der Waals surface area contributed by atoms with E-state index in [2.05, 4.69) is 15.3 Å². The van der Waals surface area contributed by atoms with Gasteiger partial charge in [0.2, 0.25) is 0 Å². The van der Waals surface area contributed by atoms with Crippen molar-refractivity contribution in [2.75, 3.05) is 18.1 Å². The number of carbonyl (C=O) groups excluding carboxylic acids is 2. The Labute approximate surface area is 165 Å². The van der Waals surface area contributed by atoms with Crippen molar-refractivity contribution in [1.29, 1.82) is 0 Å². The highest BCUT2D eigenvalue weighted by Crippen LogP contribution is 2.20. The number of carbonyl (C=O) groups is 2. The lowest BCUT2D eigenvalue weighted by Gasteiger charge is -1.97. The summed E-state index contributed by atoms with van der Waals surface area (Å²) in [4.78, 5) is 29.8. The topological polar surface area (TPSA) is 159 Å². The van der Waals surface area contributed by atoms with E-state index in [0.29, 0.717) is 34.6 Å². The van der Waals surface area contributed by atoms with Crippen molar-refractivity contribution in [2.45, 2.75) is 44.7 Å². The molecule has 1 amide bonds. The van der Waals surface area contributed by atoms with Gasteiger partial charge in [0, 0.05) is 22.8 Å². The van der Waals surface area contributed by atoms with Crippen molar-refractivity contribution >= 4 is 44.8 Å². The zero-order chi connectivity index (χ0) is 19.8. The number of ether oxygens (including phenoxy) is 1. The van der Waals surface area contributed by atoms with Crippen molar-refractivity contribution in [3.8, 4) is 0 Å². The van der Waals surface area contributed by atoms with Gasteiger partial charge < -0.3 is 27.3 Å². The first-order valence-corrected chi connectivity index (χ1v) is 10.3. The summed E-state index contributed by atoms with van der Waals surface area (Å²) in [6, 6.07) is 0.959. The molecule has 7 N–H and O–H groups in total. The van der Waals surface area contributed by atoms with Crippen molar-refractivity contribution in [3.05, 3.63) is 22.1 Å². The van der Waals surface area contributed by atoms with Gasteiger partial charge in [0.15, 0.2) is 16.0 Å². The average molecular weight is 413 g/mol. The third kappa shape index (κ3) is 8.33. The second kappa shape index (κ2) is 10.2.